The minimum atomic E-state index is -4.15. The molecule has 0 fully saturated rings. The second-order valence-corrected chi connectivity index (χ2v) is 4.84. The van der Waals surface area contributed by atoms with Crippen LogP contribution in [-0.2, 0) is 10.0 Å². The van der Waals surface area contributed by atoms with E-state index in [4.69, 9.17) is 16.7 Å². The fourth-order valence-corrected chi connectivity index (χ4v) is 2.29. The van der Waals surface area contributed by atoms with E-state index in [0.29, 0.717) is 0 Å². The number of rotatable bonds is 2. The van der Waals surface area contributed by atoms with Crippen molar-refractivity contribution in [2.45, 2.75) is 11.8 Å². The average Bonchev–Trinajstić information content (AvgIpc) is 1.99. The molecule has 1 aromatic carbocycles. The van der Waals surface area contributed by atoms with Crippen molar-refractivity contribution in [3.63, 3.8) is 0 Å². The predicted octanol–water partition coefficient (Wildman–Crippen LogP) is 1.20. The van der Waals surface area contributed by atoms with E-state index < -0.39 is 25.5 Å². The van der Waals surface area contributed by atoms with Gasteiger partial charge in [0.05, 0.1) is 4.92 Å². The van der Waals surface area contributed by atoms with Crippen molar-refractivity contribution in [2.24, 2.45) is 5.14 Å². The van der Waals surface area contributed by atoms with E-state index in [-0.39, 0.29) is 10.6 Å². The Hall–Kier alpha value is -1.18. The molecule has 0 unspecified atom stereocenters. The summed E-state index contributed by atoms with van der Waals surface area (Å²) in [6, 6.07) is 2.26. The molecule has 0 saturated heterocycles. The summed E-state index contributed by atoms with van der Waals surface area (Å²) in [5.74, 6) is 0. The lowest BCUT2D eigenvalue weighted by molar-refractivity contribution is -0.388. The van der Waals surface area contributed by atoms with Gasteiger partial charge in [0.2, 0.25) is 10.0 Å². The minimum Gasteiger partial charge on any atom is -0.258 e. The molecule has 0 saturated carbocycles. The number of aryl methyl sites for hydroxylation is 1. The van der Waals surface area contributed by atoms with E-state index in [0.717, 1.165) is 6.07 Å². The molecule has 1 aromatic rings. The normalized spacial score (nSPS) is 11.4. The summed E-state index contributed by atoms with van der Waals surface area (Å²) in [7, 11) is -4.15. The van der Waals surface area contributed by atoms with Crippen molar-refractivity contribution < 1.29 is 13.3 Å². The van der Waals surface area contributed by atoms with Gasteiger partial charge in [0.25, 0.3) is 5.69 Å². The molecule has 0 atom stereocenters. The van der Waals surface area contributed by atoms with Gasteiger partial charge < -0.3 is 0 Å². The van der Waals surface area contributed by atoms with Gasteiger partial charge in [-0.3, -0.25) is 10.1 Å². The number of nitrogens with zero attached hydrogens (tertiary/aromatic N) is 1. The molecule has 2 N–H and O–H groups in total. The van der Waals surface area contributed by atoms with Crippen LogP contribution in [0.4, 0.5) is 5.69 Å². The maximum Gasteiger partial charge on any atom is 0.292 e. The highest BCUT2D eigenvalue weighted by Gasteiger charge is 2.25. The Morgan fingerprint density at radius 3 is 2.40 bits per heavy atom. The van der Waals surface area contributed by atoms with Crippen LogP contribution in [0.2, 0.25) is 5.02 Å². The topological polar surface area (TPSA) is 103 Å². The van der Waals surface area contributed by atoms with Crippen LogP contribution in [0.3, 0.4) is 0 Å². The quantitative estimate of drug-likeness (QED) is 0.629. The molecule has 15 heavy (non-hydrogen) atoms. The molecule has 8 heteroatoms. The third kappa shape index (κ3) is 2.44. The van der Waals surface area contributed by atoms with Crippen LogP contribution in [0.5, 0.6) is 0 Å². The molecule has 0 aliphatic carbocycles. The standard InChI is InChI=1S/C7H7ClN2O4S/c1-4-2-5(8)3-6(15(9,13)14)7(4)10(11)12/h2-3H,1H3,(H2,9,13,14). The zero-order valence-electron chi connectivity index (χ0n) is 7.60. The molecule has 0 aliphatic heterocycles. The Bertz CT molecular complexity index is 526. The van der Waals surface area contributed by atoms with Gasteiger partial charge in [0.1, 0.15) is 0 Å². The lowest BCUT2D eigenvalue weighted by Crippen LogP contribution is -2.14. The highest BCUT2D eigenvalue weighted by atomic mass is 35.5. The minimum absolute atomic E-state index is 0.0853. The van der Waals surface area contributed by atoms with Crippen molar-refractivity contribution in [2.75, 3.05) is 0 Å². The fourth-order valence-electron chi connectivity index (χ4n) is 1.16. The monoisotopic (exact) mass is 250 g/mol. The summed E-state index contributed by atoms with van der Waals surface area (Å²) in [6.07, 6.45) is 0. The van der Waals surface area contributed by atoms with Crippen LogP contribution in [0, 0.1) is 17.0 Å². The van der Waals surface area contributed by atoms with Crippen LogP contribution < -0.4 is 5.14 Å². The number of nitro benzene ring substituents is 1. The number of hydrogen-bond acceptors (Lipinski definition) is 4. The lowest BCUT2D eigenvalue weighted by Gasteiger charge is -2.03. The molecule has 0 amide bonds. The highest BCUT2D eigenvalue weighted by Crippen LogP contribution is 2.29. The second-order valence-electron chi connectivity index (χ2n) is 2.87. The first-order chi connectivity index (χ1) is 6.73. The van der Waals surface area contributed by atoms with E-state index >= 15 is 0 Å². The van der Waals surface area contributed by atoms with Crippen LogP contribution in [-0.4, -0.2) is 13.3 Å². The predicted molar refractivity (Wildman–Crippen MR) is 54.2 cm³/mol. The zero-order chi connectivity index (χ0) is 11.8. The molecule has 82 valence electrons. The fraction of sp³-hybridized carbons (Fsp3) is 0.143. The van der Waals surface area contributed by atoms with Crippen molar-refractivity contribution in [1.82, 2.24) is 0 Å². The van der Waals surface area contributed by atoms with Gasteiger partial charge in [-0.2, -0.15) is 0 Å². The van der Waals surface area contributed by atoms with Crippen molar-refractivity contribution >= 4 is 27.3 Å². The second kappa shape index (κ2) is 3.76. The van der Waals surface area contributed by atoms with Crippen LogP contribution in [0.25, 0.3) is 0 Å². The maximum absolute atomic E-state index is 11.1. The number of sulfonamides is 1. The van der Waals surface area contributed by atoms with Gasteiger partial charge in [-0.25, -0.2) is 13.6 Å². The smallest absolute Gasteiger partial charge is 0.258 e. The first-order valence-electron chi connectivity index (χ1n) is 3.71. The number of halogens is 1. The summed E-state index contributed by atoms with van der Waals surface area (Å²) in [6.45, 7) is 1.39. The van der Waals surface area contributed by atoms with E-state index in [2.05, 4.69) is 0 Å². The lowest BCUT2D eigenvalue weighted by atomic mass is 10.2. The first-order valence-corrected chi connectivity index (χ1v) is 5.63. The summed E-state index contributed by atoms with van der Waals surface area (Å²) in [5.41, 5.74) is -0.390. The number of nitrogens with two attached hydrogens (primary N) is 1. The first kappa shape index (κ1) is 11.9. The molecular weight excluding hydrogens is 244 g/mol. The number of primary sulfonamides is 1. The van der Waals surface area contributed by atoms with E-state index in [9.17, 15) is 18.5 Å². The van der Waals surface area contributed by atoms with Gasteiger partial charge in [-0.15, -0.1) is 0 Å². The molecule has 1 rings (SSSR count). The molecule has 0 aliphatic rings. The average molecular weight is 251 g/mol. The van der Waals surface area contributed by atoms with Crippen LogP contribution in [0.15, 0.2) is 17.0 Å². The van der Waals surface area contributed by atoms with Gasteiger partial charge >= 0.3 is 0 Å². The molecule has 6 nitrogen and oxygen atoms in total. The Balaban J connectivity index is 3.70. The number of benzene rings is 1. The molecule has 0 aromatic heterocycles. The summed E-state index contributed by atoms with van der Waals surface area (Å²) in [5, 5.41) is 15.6. The van der Waals surface area contributed by atoms with Gasteiger partial charge in [0.15, 0.2) is 4.90 Å². The largest absolute Gasteiger partial charge is 0.292 e. The summed E-state index contributed by atoms with van der Waals surface area (Å²) in [4.78, 5) is 9.27. The third-order valence-electron chi connectivity index (χ3n) is 1.72. The van der Waals surface area contributed by atoms with Crippen LogP contribution in [0.1, 0.15) is 5.56 Å². The Morgan fingerprint density at radius 2 is 2.00 bits per heavy atom. The SMILES string of the molecule is Cc1cc(Cl)cc(S(N)(=O)=O)c1[N+](=O)[O-]. The molecule has 0 heterocycles. The highest BCUT2D eigenvalue weighted by molar-refractivity contribution is 7.89. The summed E-state index contributed by atoms with van der Waals surface area (Å²) < 4.78 is 22.2. The van der Waals surface area contributed by atoms with Gasteiger partial charge in [-0.05, 0) is 19.1 Å². The molecular formula is C7H7ClN2O4S. The molecule has 0 spiro atoms. The Kier molecular flexibility index (Phi) is 2.98. The molecule has 0 bridgehead atoms. The van der Waals surface area contributed by atoms with E-state index in [1.807, 2.05) is 0 Å². The van der Waals surface area contributed by atoms with E-state index in [1.165, 1.54) is 13.0 Å². The Morgan fingerprint density at radius 1 is 1.47 bits per heavy atom. The molecule has 0 radical (unpaired) electrons. The van der Waals surface area contributed by atoms with Gasteiger partial charge in [0, 0.05) is 10.6 Å². The number of hydrogen-bond donors (Lipinski definition) is 1. The van der Waals surface area contributed by atoms with Crippen molar-refractivity contribution in [1.29, 1.82) is 0 Å². The van der Waals surface area contributed by atoms with Gasteiger partial charge in [-0.1, -0.05) is 11.6 Å². The van der Waals surface area contributed by atoms with Crippen LogP contribution >= 0.6 is 11.6 Å². The number of nitro groups is 1. The summed E-state index contributed by atoms with van der Waals surface area (Å²) >= 11 is 5.59. The van der Waals surface area contributed by atoms with Crippen molar-refractivity contribution in [3.8, 4) is 0 Å². The van der Waals surface area contributed by atoms with Crippen molar-refractivity contribution in [3.05, 3.63) is 32.8 Å². The third-order valence-corrected chi connectivity index (χ3v) is 2.86. The van der Waals surface area contributed by atoms with E-state index in [1.54, 1.807) is 0 Å². The maximum atomic E-state index is 11.1. The zero-order valence-corrected chi connectivity index (χ0v) is 9.17. The Labute approximate surface area is 90.9 Å².